The Balaban J connectivity index is 2.48. The first kappa shape index (κ1) is 5.04. The van der Waals surface area contributed by atoms with Crippen molar-refractivity contribution in [1.82, 2.24) is 5.48 Å². The van der Waals surface area contributed by atoms with Crippen LogP contribution in [0.1, 0.15) is 0 Å². The first-order chi connectivity index (χ1) is 3.80. The minimum Gasteiger partial charge on any atom is -0.409 e. The smallest absolute Gasteiger partial charge is 0.324 e. The normalized spacial score (nSPS) is 25.2. The predicted octanol–water partition coefficient (Wildman–Crippen LogP) is -0.559. The number of hydrogen-bond acceptors (Lipinski definition) is 4. The molecule has 5 heteroatoms. The van der Waals surface area contributed by atoms with E-state index in [2.05, 4.69) is 16.4 Å². The molecule has 1 heterocycles. The lowest BCUT2D eigenvalue weighted by Gasteiger charge is -1.94. The third kappa shape index (κ3) is 0.760. The standard InChI is InChI=1S/C3H3N2O3/c6-5(7)3-1-2-8-4-3/h2-4H. The van der Waals surface area contributed by atoms with Crippen molar-refractivity contribution >= 4 is 0 Å². The van der Waals surface area contributed by atoms with Gasteiger partial charge in [0.2, 0.25) is 0 Å². The number of nitro groups is 1. The fourth-order valence-corrected chi connectivity index (χ4v) is 0.335. The lowest BCUT2D eigenvalue weighted by Crippen LogP contribution is -2.29. The van der Waals surface area contributed by atoms with Gasteiger partial charge in [0.15, 0.2) is 0 Å². The van der Waals surface area contributed by atoms with Crippen molar-refractivity contribution in [2.75, 3.05) is 0 Å². The predicted molar refractivity (Wildman–Crippen MR) is 22.8 cm³/mol. The molecule has 0 aromatic carbocycles. The molecular formula is C3H3N2O3. The van der Waals surface area contributed by atoms with E-state index >= 15 is 0 Å². The van der Waals surface area contributed by atoms with Crippen LogP contribution in [0.5, 0.6) is 0 Å². The molecule has 1 atom stereocenters. The Morgan fingerprint density at radius 2 is 2.75 bits per heavy atom. The van der Waals surface area contributed by atoms with E-state index in [1.54, 1.807) is 0 Å². The minimum atomic E-state index is -0.991. The number of rotatable bonds is 1. The highest BCUT2D eigenvalue weighted by Gasteiger charge is 2.20. The SMILES string of the molecule is O=[N+]([O-])C1[C]=CON1. The molecule has 0 saturated carbocycles. The van der Waals surface area contributed by atoms with Crippen LogP contribution in [0, 0.1) is 16.2 Å². The van der Waals surface area contributed by atoms with Crippen LogP contribution in [-0.2, 0) is 4.84 Å². The fraction of sp³-hybridized carbons (Fsp3) is 0.333. The van der Waals surface area contributed by atoms with Crippen LogP contribution < -0.4 is 5.48 Å². The summed E-state index contributed by atoms with van der Waals surface area (Å²) < 4.78 is 0. The van der Waals surface area contributed by atoms with Crippen molar-refractivity contribution in [3.63, 3.8) is 0 Å². The van der Waals surface area contributed by atoms with Crippen molar-refractivity contribution in [2.24, 2.45) is 0 Å². The molecule has 0 bridgehead atoms. The summed E-state index contributed by atoms with van der Waals surface area (Å²) in [5, 5.41) is 9.78. The van der Waals surface area contributed by atoms with Crippen LogP contribution in [0.2, 0.25) is 0 Å². The van der Waals surface area contributed by atoms with Gasteiger partial charge in [0.05, 0.1) is 6.08 Å². The summed E-state index contributed by atoms with van der Waals surface area (Å²) in [7, 11) is 0. The topological polar surface area (TPSA) is 64.4 Å². The number of nitrogens with zero attached hydrogens (tertiary/aromatic N) is 1. The highest BCUT2D eigenvalue weighted by Crippen LogP contribution is 1.93. The zero-order valence-corrected chi connectivity index (χ0v) is 3.83. The number of nitrogens with one attached hydrogen (secondary N) is 1. The Morgan fingerprint density at radius 3 is 3.00 bits per heavy atom. The lowest BCUT2D eigenvalue weighted by molar-refractivity contribution is -0.524. The van der Waals surface area contributed by atoms with Crippen LogP contribution in [0.25, 0.3) is 0 Å². The van der Waals surface area contributed by atoms with Crippen molar-refractivity contribution in [3.8, 4) is 0 Å². The second-order valence-electron chi connectivity index (χ2n) is 1.21. The van der Waals surface area contributed by atoms with Crippen LogP contribution in [0.3, 0.4) is 0 Å². The molecule has 8 heavy (non-hydrogen) atoms. The molecule has 0 spiro atoms. The average molecular weight is 115 g/mol. The van der Waals surface area contributed by atoms with Crippen LogP contribution in [-0.4, -0.2) is 11.1 Å². The van der Waals surface area contributed by atoms with E-state index < -0.39 is 11.1 Å². The Kier molecular flexibility index (Phi) is 1.13. The summed E-state index contributed by atoms with van der Waals surface area (Å²) in [5.74, 6) is 0. The Labute approximate surface area is 45.0 Å². The van der Waals surface area contributed by atoms with E-state index in [1.807, 2.05) is 0 Å². The Hall–Kier alpha value is -1.10. The summed E-state index contributed by atoms with van der Waals surface area (Å²) in [6.45, 7) is 0. The van der Waals surface area contributed by atoms with E-state index in [0.29, 0.717) is 0 Å². The molecule has 5 nitrogen and oxygen atoms in total. The summed E-state index contributed by atoms with van der Waals surface area (Å²) in [6, 6.07) is 0. The van der Waals surface area contributed by atoms with Gasteiger partial charge in [-0.25, -0.2) is 0 Å². The summed E-state index contributed by atoms with van der Waals surface area (Å²) in [4.78, 5) is 13.5. The lowest BCUT2D eigenvalue weighted by atomic mass is 10.5. The van der Waals surface area contributed by atoms with E-state index in [-0.39, 0.29) is 0 Å². The molecule has 1 aliphatic heterocycles. The Bertz CT molecular complexity index is 132. The van der Waals surface area contributed by atoms with Crippen molar-refractivity contribution in [3.05, 3.63) is 22.5 Å². The molecule has 0 fully saturated rings. The van der Waals surface area contributed by atoms with Crippen LogP contribution in [0.4, 0.5) is 0 Å². The zero-order valence-electron chi connectivity index (χ0n) is 3.83. The van der Waals surface area contributed by atoms with Gasteiger partial charge in [0.1, 0.15) is 6.26 Å². The molecule has 1 radical (unpaired) electrons. The molecule has 1 rings (SSSR count). The van der Waals surface area contributed by atoms with E-state index in [4.69, 9.17) is 0 Å². The molecular weight excluding hydrogens is 112 g/mol. The van der Waals surface area contributed by atoms with E-state index in [1.165, 1.54) is 0 Å². The van der Waals surface area contributed by atoms with Gasteiger partial charge in [-0.2, -0.15) is 0 Å². The maximum Gasteiger partial charge on any atom is 0.324 e. The minimum absolute atomic E-state index is 0.538. The Morgan fingerprint density at radius 1 is 2.00 bits per heavy atom. The molecule has 1 aliphatic rings. The second-order valence-corrected chi connectivity index (χ2v) is 1.21. The molecule has 1 N–H and O–H groups in total. The summed E-state index contributed by atoms with van der Waals surface area (Å²) in [6.07, 6.45) is 2.43. The summed E-state index contributed by atoms with van der Waals surface area (Å²) >= 11 is 0. The first-order valence-electron chi connectivity index (χ1n) is 1.93. The molecule has 0 saturated heterocycles. The molecule has 0 aromatic heterocycles. The third-order valence-corrected chi connectivity index (χ3v) is 0.675. The van der Waals surface area contributed by atoms with Gasteiger partial charge >= 0.3 is 6.17 Å². The highest BCUT2D eigenvalue weighted by molar-refractivity contribution is 4.74. The fourth-order valence-electron chi connectivity index (χ4n) is 0.335. The van der Waals surface area contributed by atoms with Crippen molar-refractivity contribution < 1.29 is 9.76 Å². The van der Waals surface area contributed by atoms with Gasteiger partial charge in [0, 0.05) is 4.92 Å². The molecule has 0 aliphatic carbocycles. The zero-order chi connectivity index (χ0) is 5.98. The molecule has 1 unspecified atom stereocenters. The molecule has 43 valence electrons. The van der Waals surface area contributed by atoms with Gasteiger partial charge in [-0.3, -0.25) is 10.1 Å². The van der Waals surface area contributed by atoms with Crippen LogP contribution in [0.15, 0.2) is 6.26 Å². The van der Waals surface area contributed by atoms with E-state index in [9.17, 15) is 10.1 Å². The second kappa shape index (κ2) is 1.79. The maximum absolute atomic E-state index is 9.78. The average Bonchev–Trinajstić information content (AvgIpc) is 2.12. The van der Waals surface area contributed by atoms with Gasteiger partial charge < -0.3 is 4.84 Å². The van der Waals surface area contributed by atoms with Gasteiger partial charge in [-0.05, 0) is 0 Å². The molecule has 0 amide bonds. The largest absolute Gasteiger partial charge is 0.409 e. The van der Waals surface area contributed by atoms with E-state index in [0.717, 1.165) is 6.26 Å². The number of hydrogen-bond donors (Lipinski definition) is 1. The van der Waals surface area contributed by atoms with Gasteiger partial charge in [-0.1, -0.05) is 5.48 Å². The summed E-state index contributed by atoms with van der Waals surface area (Å²) in [5.41, 5.74) is 2.09. The van der Waals surface area contributed by atoms with Gasteiger partial charge in [0.25, 0.3) is 0 Å². The maximum atomic E-state index is 9.78. The monoisotopic (exact) mass is 115 g/mol. The highest BCUT2D eigenvalue weighted by atomic mass is 16.7. The molecule has 0 aromatic rings. The van der Waals surface area contributed by atoms with Crippen molar-refractivity contribution in [1.29, 1.82) is 0 Å². The number of hydroxylamine groups is 1. The van der Waals surface area contributed by atoms with Crippen LogP contribution >= 0.6 is 0 Å². The van der Waals surface area contributed by atoms with Crippen molar-refractivity contribution in [2.45, 2.75) is 6.17 Å². The quantitative estimate of drug-likeness (QED) is 0.367. The third-order valence-electron chi connectivity index (χ3n) is 0.675. The van der Waals surface area contributed by atoms with Gasteiger partial charge in [-0.15, -0.1) is 0 Å². The first-order valence-corrected chi connectivity index (χ1v) is 1.93.